The van der Waals surface area contributed by atoms with Crippen molar-refractivity contribution in [2.45, 2.75) is 25.9 Å². The normalized spacial score (nSPS) is 13.6. The first kappa shape index (κ1) is 19.3. The van der Waals surface area contributed by atoms with Crippen molar-refractivity contribution in [3.8, 4) is 23.8 Å². The van der Waals surface area contributed by atoms with Crippen LogP contribution in [0.3, 0.4) is 0 Å². The van der Waals surface area contributed by atoms with Crippen molar-refractivity contribution in [1.82, 2.24) is 5.32 Å². The number of hydrogen-bond donors (Lipinski definition) is 2. The Morgan fingerprint density at radius 1 is 1.21 bits per heavy atom. The predicted octanol–water partition coefficient (Wildman–Crippen LogP) is 2.78. The summed E-state index contributed by atoms with van der Waals surface area (Å²) in [7, 11) is 0. The maximum atomic E-state index is 12.4. The second-order valence-corrected chi connectivity index (χ2v) is 7.05. The van der Waals surface area contributed by atoms with E-state index >= 15 is 0 Å². The van der Waals surface area contributed by atoms with Crippen LogP contribution in [-0.2, 0) is 11.2 Å². The van der Waals surface area contributed by atoms with Gasteiger partial charge in [0.15, 0.2) is 18.1 Å². The molecule has 0 unspecified atom stereocenters. The van der Waals surface area contributed by atoms with Gasteiger partial charge in [-0.2, -0.15) is 0 Å². The number of carbonyl (C=O) groups is 2. The number of nitrogens with one attached hydrogen (secondary N) is 2. The minimum atomic E-state index is -0.382. The van der Waals surface area contributed by atoms with Crippen molar-refractivity contribution < 1.29 is 19.1 Å². The fourth-order valence-corrected chi connectivity index (χ4v) is 3.05. The molecule has 2 aromatic carbocycles. The summed E-state index contributed by atoms with van der Waals surface area (Å²) in [5.74, 6) is 2.81. The highest BCUT2D eigenvalue weighted by molar-refractivity contribution is 6.04. The molecule has 0 saturated carbocycles. The highest BCUT2D eigenvalue weighted by atomic mass is 16.5. The molecule has 0 saturated heterocycles. The van der Waals surface area contributed by atoms with Gasteiger partial charge in [-0.3, -0.25) is 9.59 Å². The molecule has 1 aliphatic rings. The molecule has 2 amide bonds. The summed E-state index contributed by atoms with van der Waals surface area (Å²) in [6, 6.07) is 12.3. The van der Waals surface area contributed by atoms with Crippen molar-refractivity contribution in [3.63, 3.8) is 0 Å². The van der Waals surface area contributed by atoms with Gasteiger partial charge >= 0.3 is 0 Å². The fraction of sp³-hybridized carbons (Fsp3) is 0.273. The molecule has 6 nitrogen and oxygen atoms in total. The third kappa shape index (κ3) is 4.44. The van der Waals surface area contributed by atoms with Crippen LogP contribution in [0, 0.1) is 12.3 Å². The summed E-state index contributed by atoms with van der Waals surface area (Å²) >= 11 is 0. The van der Waals surface area contributed by atoms with E-state index in [-0.39, 0.29) is 30.6 Å². The minimum Gasteiger partial charge on any atom is -0.483 e. The molecule has 6 heteroatoms. The summed E-state index contributed by atoms with van der Waals surface area (Å²) in [6.45, 7) is 3.91. The Bertz CT molecular complexity index is 944. The third-order valence-electron chi connectivity index (χ3n) is 4.21. The van der Waals surface area contributed by atoms with E-state index in [1.54, 1.807) is 30.3 Å². The SMILES string of the molecule is C#CCNC(=O)c1ccccc1NC(=O)COc1cccc2c1OC(C)(C)C2. The maximum absolute atomic E-state index is 12.4. The van der Waals surface area contributed by atoms with Gasteiger partial charge in [0.25, 0.3) is 11.8 Å². The number of amides is 2. The van der Waals surface area contributed by atoms with Crippen LogP contribution in [0.5, 0.6) is 11.5 Å². The Balaban J connectivity index is 1.65. The number of terminal acetylenes is 1. The number of anilines is 1. The smallest absolute Gasteiger partial charge is 0.262 e. The lowest BCUT2D eigenvalue weighted by molar-refractivity contribution is -0.118. The van der Waals surface area contributed by atoms with Crippen molar-refractivity contribution in [3.05, 3.63) is 53.6 Å². The molecule has 0 spiro atoms. The molecule has 1 heterocycles. The van der Waals surface area contributed by atoms with Gasteiger partial charge in [0.2, 0.25) is 0 Å². The Hall–Kier alpha value is -3.46. The van der Waals surface area contributed by atoms with Crippen LogP contribution in [0.15, 0.2) is 42.5 Å². The molecule has 2 aromatic rings. The van der Waals surface area contributed by atoms with Crippen LogP contribution in [-0.4, -0.2) is 30.6 Å². The average molecular weight is 378 g/mol. The quantitative estimate of drug-likeness (QED) is 0.758. The number of carbonyl (C=O) groups excluding carboxylic acids is 2. The molecule has 0 aromatic heterocycles. The van der Waals surface area contributed by atoms with E-state index in [0.29, 0.717) is 22.7 Å². The second kappa shape index (κ2) is 8.05. The van der Waals surface area contributed by atoms with Crippen molar-refractivity contribution in [2.24, 2.45) is 0 Å². The molecule has 0 radical (unpaired) electrons. The molecular weight excluding hydrogens is 356 g/mol. The summed E-state index contributed by atoms with van der Waals surface area (Å²) in [5.41, 5.74) is 1.48. The van der Waals surface area contributed by atoms with Gasteiger partial charge in [-0.1, -0.05) is 30.2 Å². The predicted molar refractivity (Wildman–Crippen MR) is 107 cm³/mol. The molecule has 3 rings (SSSR count). The van der Waals surface area contributed by atoms with Crippen molar-refractivity contribution in [1.29, 1.82) is 0 Å². The molecular formula is C22H22N2O4. The Labute approximate surface area is 164 Å². The Morgan fingerprint density at radius 3 is 2.79 bits per heavy atom. The first-order valence-electron chi connectivity index (χ1n) is 8.94. The molecule has 0 fully saturated rings. The molecule has 144 valence electrons. The van der Waals surface area contributed by atoms with Crippen molar-refractivity contribution in [2.75, 3.05) is 18.5 Å². The number of ether oxygens (including phenoxy) is 2. The van der Waals surface area contributed by atoms with Crippen LogP contribution < -0.4 is 20.1 Å². The van der Waals surface area contributed by atoms with Crippen LogP contribution in [0.4, 0.5) is 5.69 Å². The van der Waals surface area contributed by atoms with Gasteiger partial charge < -0.3 is 20.1 Å². The van der Waals surface area contributed by atoms with E-state index in [1.807, 2.05) is 26.0 Å². The highest BCUT2D eigenvalue weighted by Gasteiger charge is 2.32. The van der Waals surface area contributed by atoms with E-state index < -0.39 is 0 Å². The maximum Gasteiger partial charge on any atom is 0.262 e. The molecule has 28 heavy (non-hydrogen) atoms. The lowest BCUT2D eigenvalue weighted by Crippen LogP contribution is -2.27. The van der Waals surface area contributed by atoms with Gasteiger partial charge in [-0.15, -0.1) is 6.42 Å². The molecule has 2 N–H and O–H groups in total. The highest BCUT2D eigenvalue weighted by Crippen LogP contribution is 2.41. The van der Waals surface area contributed by atoms with E-state index in [1.165, 1.54) is 0 Å². The second-order valence-electron chi connectivity index (χ2n) is 7.05. The van der Waals surface area contributed by atoms with Gasteiger partial charge in [0.05, 0.1) is 17.8 Å². The number of rotatable bonds is 6. The minimum absolute atomic E-state index is 0.111. The van der Waals surface area contributed by atoms with E-state index in [9.17, 15) is 9.59 Å². The number of hydrogen-bond acceptors (Lipinski definition) is 4. The third-order valence-corrected chi connectivity index (χ3v) is 4.21. The van der Waals surface area contributed by atoms with Crippen molar-refractivity contribution >= 4 is 17.5 Å². The number of fused-ring (bicyclic) bond motifs is 1. The van der Waals surface area contributed by atoms with Gasteiger partial charge in [0.1, 0.15) is 5.60 Å². The van der Waals surface area contributed by atoms with E-state index in [2.05, 4.69) is 16.6 Å². The van der Waals surface area contributed by atoms with Crippen LogP contribution >= 0.6 is 0 Å². The summed E-state index contributed by atoms with van der Waals surface area (Å²) in [6.07, 6.45) is 5.95. The lowest BCUT2D eigenvalue weighted by atomic mass is 10.0. The molecule has 0 atom stereocenters. The molecule has 0 aliphatic carbocycles. The topological polar surface area (TPSA) is 76.7 Å². The Morgan fingerprint density at radius 2 is 2.00 bits per heavy atom. The molecule has 1 aliphatic heterocycles. The van der Waals surface area contributed by atoms with Crippen LogP contribution in [0.2, 0.25) is 0 Å². The zero-order valence-corrected chi connectivity index (χ0v) is 15.9. The number of para-hydroxylation sites is 2. The zero-order chi connectivity index (χ0) is 20.1. The van der Waals surface area contributed by atoms with E-state index in [0.717, 1.165) is 12.0 Å². The number of benzene rings is 2. The van der Waals surface area contributed by atoms with Crippen LogP contribution in [0.25, 0.3) is 0 Å². The van der Waals surface area contributed by atoms with Crippen LogP contribution in [0.1, 0.15) is 29.8 Å². The Kier molecular flexibility index (Phi) is 5.55. The van der Waals surface area contributed by atoms with E-state index in [4.69, 9.17) is 15.9 Å². The lowest BCUT2D eigenvalue weighted by Gasteiger charge is -2.18. The fourth-order valence-electron chi connectivity index (χ4n) is 3.05. The summed E-state index contributed by atoms with van der Waals surface area (Å²) in [4.78, 5) is 24.5. The first-order chi connectivity index (χ1) is 13.4. The van der Waals surface area contributed by atoms with Gasteiger partial charge in [0, 0.05) is 12.0 Å². The summed E-state index contributed by atoms with van der Waals surface area (Å²) < 4.78 is 11.6. The standard InChI is InChI=1S/C22H22N2O4/c1-4-12-23-21(26)16-9-5-6-10-17(16)24-19(25)14-27-18-11-7-8-15-13-22(2,3)28-20(15)18/h1,5-11H,12-14H2,2-3H3,(H,23,26)(H,24,25). The summed E-state index contributed by atoms with van der Waals surface area (Å²) in [5, 5.41) is 5.29. The van der Waals surface area contributed by atoms with Gasteiger partial charge in [-0.25, -0.2) is 0 Å². The van der Waals surface area contributed by atoms with Gasteiger partial charge in [-0.05, 0) is 32.0 Å². The first-order valence-corrected chi connectivity index (χ1v) is 8.94. The zero-order valence-electron chi connectivity index (χ0n) is 15.9. The largest absolute Gasteiger partial charge is 0.483 e. The monoisotopic (exact) mass is 378 g/mol. The molecule has 0 bridgehead atoms. The average Bonchev–Trinajstić information content (AvgIpc) is 2.99.